The van der Waals surface area contributed by atoms with Gasteiger partial charge in [0, 0.05) is 12.6 Å². The van der Waals surface area contributed by atoms with Gasteiger partial charge in [0.1, 0.15) is 5.75 Å². The maximum atomic E-state index is 6.23. The molecule has 1 aliphatic rings. The second kappa shape index (κ2) is 8.80. The molecule has 1 fully saturated rings. The standard InChI is InChI=1S/C21H21ClN4O2S/c1-27-16-10-6-14(7-11-16)12-23-21(29)26(15-8-9-15)13-19-24-25-20(28-19)17-4-2-3-5-18(17)22/h2-7,10-11,15H,8-9,12-13H2,1H3,(H,23,29). The molecule has 1 aromatic heterocycles. The van der Waals surface area contributed by atoms with Gasteiger partial charge in [-0.25, -0.2) is 0 Å². The summed E-state index contributed by atoms with van der Waals surface area (Å²) in [5.74, 6) is 1.76. The number of methoxy groups -OCH3 is 1. The summed E-state index contributed by atoms with van der Waals surface area (Å²) in [6.07, 6.45) is 2.21. The van der Waals surface area contributed by atoms with Crippen LogP contribution >= 0.6 is 23.8 Å². The fourth-order valence-electron chi connectivity index (χ4n) is 2.98. The van der Waals surface area contributed by atoms with Gasteiger partial charge in [-0.2, -0.15) is 0 Å². The molecule has 29 heavy (non-hydrogen) atoms. The molecule has 1 saturated carbocycles. The van der Waals surface area contributed by atoms with Gasteiger partial charge in [0.25, 0.3) is 0 Å². The third kappa shape index (κ3) is 4.86. The van der Waals surface area contributed by atoms with Crippen LogP contribution in [0.15, 0.2) is 52.9 Å². The van der Waals surface area contributed by atoms with E-state index in [9.17, 15) is 0 Å². The minimum atomic E-state index is 0.404. The maximum absolute atomic E-state index is 6.23. The van der Waals surface area contributed by atoms with E-state index in [-0.39, 0.29) is 0 Å². The molecule has 0 aliphatic heterocycles. The van der Waals surface area contributed by atoms with Crippen molar-refractivity contribution in [3.05, 3.63) is 65.0 Å². The molecular weight excluding hydrogens is 408 g/mol. The van der Waals surface area contributed by atoms with Crippen LogP contribution in [0.1, 0.15) is 24.3 Å². The van der Waals surface area contributed by atoms with Crippen molar-refractivity contribution >= 4 is 28.9 Å². The van der Waals surface area contributed by atoms with Crippen molar-refractivity contribution in [1.29, 1.82) is 0 Å². The van der Waals surface area contributed by atoms with Crippen LogP contribution < -0.4 is 10.1 Å². The monoisotopic (exact) mass is 428 g/mol. The minimum Gasteiger partial charge on any atom is -0.497 e. The van der Waals surface area contributed by atoms with Crippen molar-refractivity contribution in [1.82, 2.24) is 20.4 Å². The zero-order chi connectivity index (χ0) is 20.2. The summed E-state index contributed by atoms with van der Waals surface area (Å²) >= 11 is 11.9. The lowest BCUT2D eigenvalue weighted by Crippen LogP contribution is -2.40. The average molecular weight is 429 g/mol. The van der Waals surface area contributed by atoms with Crippen molar-refractivity contribution in [3.63, 3.8) is 0 Å². The van der Waals surface area contributed by atoms with E-state index in [1.807, 2.05) is 42.5 Å². The highest BCUT2D eigenvalue weighted by Gasteiger charge is 2.32. The molecule has 0 unspecified atom stereocenters. The second-order valence-corrected chi connectivity index (χ2v) is 7.64. The Balaban J connectivity index is 1.40. The first-order valence-electron chi connectivity index (χ1n) is 9.38. The molecule has 0 saturated heterocycles. The van der Waals surface area contributed by atoms with E-state index in [1.54, 1.807) is 13.2 Å². The number of hydrogen-bond acceptors (Lipinski definition) is 5. The van der Waals surface area contributed by atoms with Gasteiger partial charge in [-0.05, 0) is 54.9 Å². The predicted octanol–water partition coefficient (Wildman–Crippen LogP) is 4.44. The molecule has 0 amide bonds. The zero-order valence-electron chi connectivity index (χ0n) is 16.0. The first-order chi connectivity index (χ1) is 14.1. The van der Waals surface area contributed by atoms with E-state index < -0.39 is 0 Å². The van der Waals surface area contributed by atoms with Crippen LogP contribution in [0.25, 0.3) is 11.5 Å². The van der Waals surface area contributed by atoms with Gasteiger partial charge in [-0.15, -0.1) is 10.2 Å². The van der Waals surface area contributed by atoms with E-state index in [0.717, 1.165) is 29.7 Å². The van der Waals surface area contributed by atoms with E-state index in [2.05, 4.69) is 20.4 Å². The first-order valence-corrected chi connectivity index (χ1v) is 10.2. The summed E-state index contributed by atoms with van der Waals surface area (Å²) in [6, 6.07) is 15.7. The van der Waals surface area contributed by atoms with Gasteiger partial charge >= 0.3 is 0 Å². The van der Waals surface area contributed by atoms with Crippen LogP contribution in [-0.4, -0.2) is 33.4 Å². The molecule has 2 aromatic carbocycles. The van der Waals surface area contributed by atoms with Crippen molar-refractivity contribution in [2.45, 2.75) is 32.0 Å². The Hall–Kier alpha value is -2.64. The van der Waals surface area contributed by atoms with Crippen LogP contribution in [0.4, 0.5) is 0 Å². The maximum Gasteiger partial charge on any atom is 0.249 e. The fourth-order valence-corrected chi connectivity index (χ4v) is 3.48. The van der Waals surface area contributed by atoms with Gasteiger partial charge in [-0.3, -0.25) is 0 Å². The summed E-state index contributed by atoms with van der Waals surface area (Å²) in [4.78, 5) is 2.11. The molecule has 8 heteroatoms. The number of aromatic nitrogens is 2. The van der Waals surface area contributed by atoms with Crippen LogP contribution in [0.2, 0.25) is 5.02 Å². The van der Waals surface area contributed by atoms with Crippen molar-refractivity contribution in [2.24, 2.45) is 0 Å². The largest absolute Gasteiger partial charge is 0.497 e. The van der Waals surface area contributed by atoms with E-state index in [4.69, 9.17) is 33.0 Å². The quantitative estimate of drug-likeness (QED) is 0.558. The smallest absolute Gasteiger partial charge is 0.249 e. The number of halogens is 1. The molecule has 1 N–H and O–H groups in total. The molecule has 0 atom stereocenters. The number of ether oxygens (including phenoxy) is 1. The summed E-state index contributed by atoms with van der Waals surface area (Å²) in [5.41, 5.74) is 1.86. The summed E-state index contributed by atoms with van der Waals surface area (Å²) in [5, 5.41) is 12.9. The molecule has 150 valence electrons. The Morgan fingerprint density at radius 3 is 2.66 bits per heavy atom. The minimum absolute atomic E-state index is 0.404. The van der Waals surface area contributed by atoms with Gasteiger partial charge in [0.15, 0.2) is 5.11 Å². The Bertz CT molecular complexity index is 988. The van der Waals surface area contributed by atoms with Gasteiger partial charge in [0.05, 0.1) is 24.2 Å². The molecule has 0 spiro atoms. The highest BCUT2D eigenvalue weighted by molar-refractivity contribution is 7.80. The Labute approximate surface area is 179 Å². The molecule has 4 rings (SSSR count). The molecule has 1 heterocycles. The second-order valence-electron chi connectivity index (χ2n) is 6.85. The van der Waals surface area contributed by atoms with E-state index in [1.165, 1.54) is 0 Å². The van der Waals surface area contributed by atoms with Crippen molar-refractivity contribution < 1.29 is 9.15 Å². The van der Waals surface area contributed by atoms with Gasteiger partial charge < -0.3 is 19.4 Å². The summed E-state index contributed by atoms with van der Waals surface area (Å²) in [7, 11) is 1.66. The number of benzene rings is 2. The van der Waals surface area contributed by atoms with Crippen molar-refractivity contribution in [3.8, 4) is 17.2 Å². The Morgan fingerprint density at radius 2 is 1.97 bits per heavy atom. The van der Waals surface area contributed by atoms with Crippen LogP contribution in [-0.2, 0) is 13.1 Å². The Morgan fingerprint density at radius 1 is 1.21 bits per heavy atom. The SMILES string of the molecule is COc1ccc(CNC(=S)N(Cc2nnc(-c3ccccc3Cl)o2)C2CC2)cc1. The third-order valence-corrected chi connectivity index (χ3v) is 5.44. The molecular formula is C21H21ClN4O2S. The Kier molecular flexibility index (Phi) is 5.97. The van der Waals surface area contributed by atoms with Gasteiger partial charge in [0.2, 0.25) is 11.8 Å². The lowest BCUT2D eigenvalue weighted by Gasteiger charge is -2.24. The lowest BCUT2D eigenvalue weighted by molar-refractivity contribution is 0.343. The fraction of sp³-hybridized carbons (Fsp3) is 0.286. The highest BCUT2D eigenvalue weighted by Crippen LogP contribution is 2.30. The normalized spacial score (nSPS) is 13.2. The van der Waals surface area contributed by atoms with E-state index >= 15 is 0 Å². The number of rotatable bonds is 7. The topological polar surface area (TPSA) is 63.4 Å². The molecule has 0 bridgehead atoms. The highest BCUT2D eigenvalue weighted by atomic mass is 35.5. The third-order valence-electron chi connectivity index (χ3n) is 4.73. The predicted molar refractivity (Wildman–Crippen MR) is 116 cm³/mol. The molecule has 6 nitrogen and oxygen atoms in total. The first kappa shape index (κ1) is 19.7. The van der Waals surface area contributed by atoms with Gasteiger partial charge in [-0.1, -0.05) is 35.9 Å². The van der Waals surface area contributed by atoms with E-state index in [0.29, 0.717) is 41.0 Å². The average Bonchev–Trinajstić information content (AvgIpc) is 3.49. The molecule has 1 aliphatic carbocycles. The number of nitrogens with zero attached hydrogens (tertiary/aromatic N) is 3. The lowest BCUT2D eigenvalue weighted by atomic mass is 10.2. The molecule has 0 radical (unpaired) electrons. The summed E-state index contributed by atoms with van der Waals surface area (Å²) in [6.45, 7) is 1.11. The van der Waals surface area contributed by atoms with Crippen LogP contribution in [0.3, 0.4) is 0 Å². The summed E-state index contributed by atoms with van der Waals surface area (Å²) < 4.78 is 11.0. The van der Waals surface area contributed by atoms with Crippen LogP contribution in [0.5, 0.6) is 5.75 Å². The number of nitrogens with one attached hydrogen (secondary N) is 1. The zero-order valence-corrected chi connectivity index (χ0v) is 17.5. The van der Waals surface area contributed by atoms with Crippen molar-refractivity contribution in [2.75, 3.05) is 7.11 Å². The molecule has 3 aromatic rings. The number of thiocarbonyl (C=S) groups is 1. The number of hydrogen-bond donors (Lipinski definition) is 1. The van der Waals surface area contributed by atoms with Crippen LogP contribution in [0, 0.1) is 0 Å².